The molecule has 1 saturated carbocycles. The van der Waals surface area contributed by atoms with Crippen molar-refractivity contribution in [3.05, 3.63) is 77.2 Å². The highest BCUT2D eigenvalue weighted by molar-refractivity contribution is 6.15. The van der Waals surface area contributed by atoms with Crippen LogP contribution in [-0.2, 0) is 0 Å². The Balaban J connectivity index is 1.88. The lowest BCUT2D eigenvalue weighted by Crippen LogP contribution is -2.47. The number of benzene rings is 2. The summed E-state index contributed by atoms with van der Waals surface area (Å²) in [6.07, 6.45) is 5.81. The average Bonchev–Trinajstić information content (AvgIpc) is 2.67. The van der Waals surface area contributed by atoms with Crippen molar-refractivity contribution in [3.63, 3.8) is 0 Å². The second kappa shape index (κ2) is 7.74. The van der Waals surface area contributed by atoms with Gasteiger partial charge in [-0.1, -0.05) is 30.3 Å². The number of rotatable bonds is 5. The zero-order valence-electron chi connectivity index (χ0n) is 15.2. The summed E-state index contributed by atoms with van der Waals surface area (Å²) in [6.45, 7) is 2.00. The highest BCUT2D eigenvalue weighted by atomic mass is 16.4. The van der Waals surface area contributed by atoms with Gasteiger partial charge in [0.05, 0.1) is 5.56 Å². The van der Waals surface area contributed by atoms with Gasteiger partial charge in [-0.25, -0.2) is 4.79 Å². The first-order valence-electron chi connectivity index (χ1n) is 9.01. The Morgan fingerprint density at radius 1 is 0.926 bits per heavy atom. The monoisotopic (exact) mass is 364 g/mol. The molecule has 1 aliphatic rings. The van der Waals surface area contributed by atoms with Crippen LogP contribution in [0.15, 0.2) is 48.5 Å². The number of carbonyl (C=O) groups excluding carboxylic acids is 2. The molecule has 5 heteroatoms. The van der Waals surface area contributed by atoms with Gasteiger partial charge in [-0.05, 0) is 57.2 Å². The number of amides is 1. The van der Waals surface area contributed by atoms with Crippen molar-refractivity contribution >= 4 is 17.7 Å². The molecule has 2 N–H and O–H groups in total. The molecule has 2 aromatic carbocycles. The lowest BCUT2D eigenvalue weighted by molar-refractivity contribution is 0.0692. The van der Waals surface area contributed by atoms with Crippen molar-refractivity contribution in [2.24, 2.45) is 0 Å². The van der Waals surface area contributed by atoms with Gasteiger partial charge in [0.15, 0.2) is 5.78 Å². The van der Waals surface area contributed by atoms with E-state index in [1.54, 1.807) is 30.3 Å². The fraction of sp³-hybridized carbons (Fsp3) is 0.273. The minimum atomic E-state index is -1.23. The predicted molar refractivity (Wildman–Crippen MR) is 102 cm³/mol. The van der Waals surface area contributed by atoms with E-state index in [1.165, 1.54) is 18.2 Å². The standard InChI is InChI=1S/C22H22NO4/c1-22(12-6-3-7-13-22)23-20(25)16-10-11-17(18(14-16)21(26)27)19(24)15-8-4-2-5-9-15/h2-5,8-11,14H,6-7,12-13H2,1H3,(H,23,25)(H,26,27). The molecule has 2 aromatic rings. The number of carboxylic acid groups (broad SMARTS) is 1. The zero-order valence-corrected chi connectivity index (χ0v) is 15.2. The van der Waals surface area contributed by atoms with Crippen LogP contribution in [0.1, 0.15) is 69.2 Å². The Labute approximate surface area is 158 Å². The molecule has 5 nitrogen and oxygen atoms in total. The van der Waals surface area contributed by atoms with Crippen LogP contribution in [0, 0.1) is 6.42 Å². The first kappa shape index (κ1) is 18.8. The molecule has 1 amide bonds. The normalized spacial score (nSPS) is 15.7. The van der Waals surface area contributed by atoms with E-state index in [0.717, 1.165) is 25.7 Å². The van der Waals surface area contributed by atoms with Crippen molar-refractivity contribution in [1.29, 1.82) is 0 Å². The predicted octanol–water partition coefficient (Wildman–Crippen LogP) is 3.88. The molecule has 3 rings (SSSR count). The number of ketones is 1. The van der Waals surface area contributed by atoms with E-state index in [4.69, 9.17) is 0 Å². The Morgan fingerprint density at radius 2 is 1.59 bits per heavy atom. The Morgan fingerprint density at radius 3 is 2.22 bits per heavy atom. The highest BCUT2D eigenvalue weighted by Gasteiger charge is 2.29. The van der Waals surface area contributed by atoms with Crippen LogP contribution in [0.2, 0.25) is 0 Å². The minimum Gasteiger partial charge on any atom is -0.478 e. The quantitative estimate of drug-likeness (QED) is 0.789. The smallest absolute Gasteiger partial charge is 0.336 e. The molecule has 139 valence electrons. The number of hydrogen-bond donors (Lipinski definition) is 2. The highest BCUT2D eigenvalue weighted by Crippen LogP contribution is 2.27. The van der Waals surface area contributed by atoms with E-state index < -0.39 is 5.97 Å². The van der Waals surface area contributed by atoms with Gasteiger partial charge in [0, 0.05) is 22.2 Å². The molecule has 1 radical (unpaired) electrons. The molecular weight excluding hydrogens is 342 g/mol. The van der Waals surface area contributed by atoms with Crippen molar-refractivity contribution in [2.45, 2.75) is 38.1 Å². The molecule has 0 atom stereocenters. The summed E-state index contributed by atoms with van der Waals surface area (Å²) in [5, 5.41) is 12.6. The van der Waals surface area contributed by atoms with E-state index >= 15 is 0 Å². The first-order chi connectivity index (χ1) is 12.9. The van der Waals surface area contributed by atoms with Gasteiger partial charge in [-0.2, -0.15) is 0 Å². The maximum atomic E-state index is 12.7. The molecule has 0 spiro atoms. The van der Waals surface area contributed by atoms with Crippen LogP contribution in [0.5, 0.6) is 0 Å². The lowest BCUT2D eigenvalue weighted by atomic mass is 9.83. The summed E-state index contributed by atoms with van der Waals surface area (Å²) in [5.74, 6) is -1.93. The van der Waals surface area contributed by atoms with Crippen molar-refractivity contribution < 1.29 is 19.5 Å². The Bertz CT molecular complexity index is 867. The molecular formula is C22H22NO4. The van der Waals surface area contributed by atoms with Gasteiger partial charge in [-0.15, -0.1) is 0 Å². The number of aromatic carboxylic acids is 1. The third-order valence-corrected chi connectivity index (χ3v) is 5.01. The average molecular weight is 364 g/mol. The van der Waals surface area contributed by atoms with Gasteiger partial charge >= 0.3 is 5.97 Å². The summed E-state index contributed by atoms with van der Waals surface area (Å²) < 4.78 is 0. The largest absolute Gasteiger partial charge is 0.478 e. The Kier molecular flexibility index (Phi) is 5.40. The molecule has 0 bridgehead atoms. The fourth-order valence-electron chi connectivity index (χ4n) is 3.39. The Hall–Kier alpha value is -2.95. The molecule has 1 fully saturated rings. The number of nitrogens with one attached hydrogen (secondary N) is 1. The van der Waals surface area contributed by atoms with E-state index in [0.29, 0.717) is 5.56 Å². The van der Waals surface area contributed by atoms with Crippen molar-refractivity contribution in [1.82, 2.24) is 5.32 Å². The molecule has 1 aliphatic carbocycles. The van der Waals surface area contributed by atoms with Gasteiger partial charge in [0.1, 0.15) is 0 Å². The molecule has 0 unspecified atom stereocenters. The molecule has 0 aromatic heterocycles. The third-order valence-electron chi connectivity index (χ3n) is 5.01. The molecule has 0 aliphatic heterocycles. The van der Waals surface area contributed by atoms with E-state index in [9.17, 15) is 19.5 Å². The molecule has 27 heavy (non-hydrogen) atoms. The summed E-state index contributed by atoms with van der Waals surface area (Å²) >= 11 is 0. The van der Waals surface area contributed by atoms with Gasteiger partial charge in [0.2, 0.25) is 0 Å². The van der Waals surface area contributed by atoms with Crippen molar-refractivity contribution in [2.75, 3.05) is 0 Å². The summed E-state index contributed by atoms with van der Waals surface area (Å²) in [4.78, 5) is 37.0. The van der Waals surface area contributed by atoms with Gasteiger partial charge in [-0.3, -0.25) is 9.59 Å². The zero-order chi connectivity index (χ0) is 19.4. The van der Waals surface area contributed by atoms with Gasteiger partial charge in [0.25, 0.3) is 5.91 Å². The lowest BCUT2D eigenvalue weighted by Gasteiger charge is -2.34. The molecule has 0 saturated heterocycles. The van der Waals surface area contributed by atoms with Gasteiger partial charge < -0.3 is 10.4 Å². The van der Waals surface area contributed by atoms with Crippen LogP contribution in [0.25, 0.3) is 0 Å². The number of hydrogen-bond acceptors (Lipinski definition) is 3. The van der Waals surface area contributed by atoms with E-state index in [1.807, 2.05) is 6.92 Å². The summed E-state index contributed by atoms with van der Waals surface area (Å²) in [5.41, 5.74) is 0.256. The number of carboxylic acids is 1. The van der Waals surface area contributed by atoms with Crippen LogP contribution in [0.3, 0.4) is 0 Å². The summed E-state index contributed by atoms with van der Waals surface area (Å²) in [7, 11) is 0. The first-order valence-corrected chi connectivity index (χ1v) is 9.01. The second-order valence-electron chi connectivity index (χ2n) is 7.14. The third kappa shape index (κ3) is 4.25. The topological polar surface area (TPSA) is 83.5 Å². The SMILES string of the molecule is CC1(NC(=O)c2ccc(C(=O)c3ccccc3)c(C(=O)O)c2)CC[CH]CC1. The van der Waals surface area contributed by atoms with Crippen molar-refractivity contribution in [3.8, 4) is 0 Å². The molecule has 0 heterocycles. The van der Waals surface area contributed by atoms with Crippen LogP contribution < -0.4 is 5.32 Å². The minimum absolute atomic E-state index is 0.0729. The van der Waals surface area contributed by atoms with Crippen LogP contribution in [0.4, 0.5) is 0 Å². The second-order valence-corrected chi connectivity index (χ2v) is 7.14. The van der Waals surface area contributed by atoms with E-state index in [-0.39, 0.29) is 33.9 Å². The maximum absolute atomic E-state index is 12.7. The van der Waals surface area contributed by atoms with E-state index in [2.05, 4.69) is 11.7 Å². The van der Waals surface area contributed by atoms with Crippen LogP contribution >= 0.6 is 0 Å². The van der Waals surface area contributed by atoms with Crippen LogP contribution in [-0.4, -0.2) is 28.3 Å². The number of carbonyl (C=O) groups is 3. The fourth-order valence-corrected chi connectivity index (χ4v) is 3.39. The summed E-state index contributed by atoms with van der Waals surface area (Å²) in [6, 6.07) is 12.7. The maximum Gasteiger partial charge on any atom is 0.336 e.